The fraction of sp³-hybridized carbons (Fsp3) is 0.0714. The Kier molecular flexibility index (Phi) is 7.39. The molecule has 0 aliphatic heterocycles. The molecule has 0 spiro atoms. The average molecular weight is 517 g/mol. The molecular weight excluding hydrogens is 499 g/mol. The Bertz CT molecular complexity index is 1580. The molecule has 10 heteroatoms. The molecule has 0 unspecified atom stereocenters. The first kappa shape index (κ1) is 25.9. The van der Waals surface area contributed by atoms with Crippen molar-refractivity contribution < 1.29 is 27.6 Å². The van der Waals surface area contributed by atoms with Gasteiger partial charge < -0.3 is 10.1 Å². The number of ether oxygens (including phenoxy) is 1. The number of benzene rings is 4. The molecule has 7 nitrogen and oxygen atoms in total. The summed E-state index contributed by atoms with van der Waals surface area (Å²) in [7, 11) is 0. The van der Waals surface area contributed by atoms with Crippen molar-refractivity contribution in [2.75, 3.05) is 5.32 Å². The number of non-ortho nitro benzene ring substituents is 1. The van der Waals surface area contributed by atoms with Gasteiger partial charge >= 0.3 is 6.18 Å². The topological polar surface area (TPSA) is 105 Å². The van der Waals surface area contributed by atoms with Crippen LogP contribution in [0.25, 0.3) is 16.8 Å². The van der Waals surface area contributed by atoms with Crippen LogP contribution in [0.4, 0.5) is 24.5 Å². The summed E-state index contributed by atoms with van der Waals surface area (Å²) in [6.45, 7) is 0.319. The third-order valence-electron chi connectivity index (χ3n) is 5.60. The number of hydrogen-bond acceptors (Lipinski definition) is 5. The van der Waals surface area contributed by atoms with E-state index in [1.165, 1.54) is 6.08 Å². The number of rotatable bonds is 7. The molecule has 190 valence electrons. The molecule has 4 aromatic carbocycles. The van der Waals surface area contributed by atoms with E-state index < -0.39 is 39.5 Å². The summed E-state index contributed by atoms with van der Waals surface area (Å²) in [6.07, 6.45) is -3.75. The van der Waals surface area contributed by atoms with E-state index in [0.717, 1.165) is 28.5 Å². The average Bonchev–Trinajstić information content (AvgIpc) is 2.90. The SMILES string of the molecule is N#CC(=Cc1ccc(OCc2cccc3ccccc23)cc1)C(=O)Nc1ccc([N+](=O)[O-])cc1C(F)(F)F. The highest BCUT2D eigenvalue weighted by Crippen LogP contribution is 2.37. The highest BCUT2D eigenvalue weighted by atomic mass is 19.4. The molecule has 0 bridgehead atoms. The lowest BCUT2D eigenvalue weighted by molar-refractivity contribution is -0.385. The molecular formula is C28H18F3N3O4. The number of hydrogen-bond donors (Lipinski definition) is 1. The summed E-state index contributed by atoms with van der Waals surface area (Å²) >= 11 is 0. The number of anilines is 1. The Morgan fingerprint density at radius 2 is 1.74 bits per heavy atom. The molecule has 0 fully saturated rings. The Labute approximate surface area is 214 Å². The number of nitriles is 1. The number of nitrogens with one attached hydrogen (secondary N) is 1. The molecule has 0 aliphatic carbocycles. The van der Waals surface area contributed by atoms with E-state index in [1.54, 1.807) is 30.3 Å². The molecule has 4 rings (SSSR count). The lowest BCUT2D eigenvalue weighted by Crippen LogP contribution is -2.18. The predicted molar refractivity (Wildman–Crippen MR) is 135 cm³/mol. The van der Waals surface area contributed by atoms with Crippen LogP contribution < -0.4 is 10.1 Å². The van der Waals surface area contributed by atoms with E-state index in [1.807, 2.05) is 47.8 Å². The number of carbonyl (C=O) groups is 1. The third-order valence-corrected chi connectivity index (χ3v) is 5.60. The standard InChI is InChI=1S/C28H18F3N3O4/c29-28(30,31)25-15-22(34(36)37)10-13-26(25)33-27(35)21(16-32)14-18-8-11-23(12-9-18)38-17-20-6-3-5-19-4-1-2-7-24(19)20/h1-15H,17H2,(H,33,35). The molecule has 0 heterocycles. The molecule has 0 saturated carbocycles. The maximum atomic E-state index is 13.4. The minimum atomic E-state index is -4.97. The van der Waals surface area contributed by atoms with Crippen molar-refractivity contribution in [1.82, 2.24) is 0 Å². The van der Waals surface area contributed by atoms with Crippen LogP contribution in [0.1, 0.15) is 16.7 Å². The Morgan fingerprint density at radius 1 is 1.03 bits per heavy atom. The lowest BCUT2D eigenvalue weighted by atomic mass is 10.1. The molecule has 1 amide bonds. The minimum absolute atomic E-state index is 0.319. The van der Waals surface area contributed by atoms with Gasteiger partial charge in [-0.1, -0.05) is 54.6 Å². The largest absolute Gasteiger partial charge is 0.489 e. The number of nitro benzene ring substituents is 1. The molecule has 4 aromatic rings. The number of fused-ring (bicyclic) bond motifs is 1. The predicted octanol–water partition coefficient (Wildman–Crippen LogP) is 6.89. The van der Waals surface area contributed by atoms with E-state index in [9.17, 15) is 33.3 Å². The van der Waals surface area contributed by atoms with Gasteiger partial charge in [-0.25, -0.2) is 0 Å². The normalized spacial score (nSPS) is 11.6. The van der Waals surface area contributed by atoms with Crippen LogP contribution in [-0.2, 0) is 17.6 Å². The third kappa shape index (κ3) is 5.96. The fourth-order valence-corrected chi connectivity index (χ4v) is 3.73. The van der Waals surface area contributed by atoms with Crippen LogP contribution in [0.3, 0.4) is 0 Å². The van der Waals surface area contributed by atoms with Gasteiger partial charge in [0.1, 0.15) is 24.0 Å². The van der Waals surface area contributed by atoms with Crippen LogP contribution in [0.5, 0.6) is 5.75 Å². The van der Waals surface area contributed by atoms with Crippen LogP contribution in [0.15, 0.2) is 90.5 Å². The Morgan fingerprint density at radius 3 is 2.42 bits per heavy atom. The summed E-state index contributed by atoms with van der Waals surface area (Å²) in [5.41, 5.74) is -1.90. The second kappa shape index (κ2) is 10.8. The number of halogens is 3. The molecule has 38 heavy (non-hydrogen) atoms. The smallest absolute Gasteiger partial charge is 0.418 e. The van der Waals surface area contributed by atoms with Crippen molar-refractivity contribution in [1.29, 1.82) is 5.26 Å². The van der Waals surface area contributed by atoms with E-state index in [2.05, 4.69) is 0 Å². The summed E-state index contributed by atoms with van der Waals surface area (Å²) in [5.74, 6) is -0.554. The van der Waals surface area contributed by atoms with E-state index in [-0.39, 0.29) is 0 Å². The van der Waals surface area contributed by atoms with Crippen LogP contribution in [0.2, 0.25) is 0 Å². The van der Waals surface area contributed by atoms with Gasteiger partial charge in [0.05, 0.1) is 16.2 Å². The van der Waals surface area contributed by atoms with E-state index in [0.29, 0.717) is 24.0 Å². The first-order valence-electron chi connectivity index (χ1n) is 11.1. The molecule has 0 atom stereocenters. The van der Waals surface area contributed by atoms with Crippen molar-refractivity contribution in [3.05, 3.63) is 117 Å². The van der Waals surface area contributed by atoms with Crippen LogP contribution in [-0.4, -0.2) is 10.8 Å². The zero-order valence-electron chi connectivity index (χ0n) is 19.5. The number of nitro groups is 1. The number of alkyl halides is 3. The van der Waals surface area contributed by atoms with Crippen molar-refractivity contribution >= 4 is 34.1 Å². The quantitative estimate of drug-likeness (QED) is 0.124. The minimum Gasteiger partial charge on any atom is -0.489 e. The fourth-order valence-electron chi connectivity index (χ4n) is 3.73. The second-order valence-corrected chi connectivity index (χ2v) is 8.10. The molecule has 0 aromatic heterocycles. The van der Waals surface area contributed by atoms with Crippen molar-refractivity contribution in [2.24, 2.45) is 0 Å². The van der Waals surface area contributed by atoms with Crippen molar-refractivity contribution in [2.45, 2.75) is 12.8 Å². The highest BCUT2D eigenvalue weighted by molar-refractivity contribution is 6.10. The monoisotopic (exact) mass is 517 g/mol. The van der Waals surface area contributed by atoms with Gasteiger partial charge in [0, 0.05) is 12.1 Å². The van der Waals surface area contributed by atoms with Gasteiger partial charge in [-0.2, -0.15) is 18.4 Å². The number of amides is 1. The van der Waals surface area contributed by atoms with Gasteiger partial charge in [0.15, 0.2) is 0 Å². The zero-order chi connectivity index (χ0) is 27.3. The molecule has 0 aliphatic rings. The maximum Gasteiger partial charge on any atom is 0.418 e. The van der Waals surface area contributed by atoms with Gasteiger partial charge in [-0.3, -0.25) is 14.9 Å². The summed E-state index contributed by atoms with van der Waals surface area (Å²) < 4.78 is 46.0. The van der Waals surface area contributed by atoms with E-state index in [4.69, 9.17) is 4.74 Å². The van der Waals surface area contributed by atoms with Crippen molar-refractivity contribution in [3.63, 3.8) is 0 Å². The Balaban J connectivity index is 1.48. The molecule has 0 radical (unpaired) electrons. The van der Waals surface area contributed by atoms with E-state index >= 15 is 0 Å². The molecule has 0 saturated heterocycles. The Hall–Kier alpha value is -5.17. The first-order chi connectivity index (χ1) is 18.2. The summed E-state index contributed by atoms with van der Waals surface area (Å²) in [5, 5.41) is 24.5. The van der Waals surface area contributed by atoms with Gasteiger partial charge in [-0.15, -0.1) is 0 Å². The van der Waals surface area contributed by atoms with Gasteiger partial charge in [0.25, 0.3) is 11.6 Å². The lowest BCUT2D eigenvalue weighted by Gasteiger charge is -2.13. The number of carbonyl (C=O) groups excluding carboxylic acids is 1. The highest BCUT2D eigenvalue weighted by Gasteiger charge is 2.35. The van der Waals surface area contributed by atoms with Gasteiger partial charge in [0.2, 0.25) is 0 Å². The second-order valence-electron chi connectivity index (χ2n) is 8.10. The zero-order valence-corrected chi connectivity index (χ0v) is 19.5. The van der Waals surface area contributed by atoms with Crippen LogP contribution >= 0.6 is 0 Å². The molecule has 1 N–H and O–H groups in total. The van der Waals surface area contributed by atoms with Crippen LogP contribution in [0, 0.1) is 21.4 Å². The summed E-state index contributed by atoms with van der Waals surface area (Å²) in [6, 6.07) is 23.9. The summed E-state index contributed by atoms with van der Waals surface area (Å²) in [4.78, 5) is 22.4. The van der Waals surface area contributed by atoms with Crippen molar-refractivity contribution in [3.8, 4) is 11.8 Å². The maximum absolute atomic E-state index is 13.4. The number of nitrogens with zero attached hydrogens (tertiary/aromatic N) is 2. The van der Waals surface area contributed by atoms with Gasteiger partial charge in [-0.05, 0) is 46.2 Å². The first-order valence-corrected chi connectivity index (χ1v) is 11.1.